The van der Waals surface area contributed by atoms with Gasteiger partial charge in [0.2, 0.25) is 11.8 Å². The zero-order valence-electron chi connectivity index (χ0n) is 13.9. The van der Waals surface area contributed by atoms with Crippen molar-refractivity contribution < 1.29 is 9.59 Å². The predicted octanol–water partition coefficient (Wildman–Crippen LogP) is 1.70. The molecule has 6 heteroatoms. The van der Waals surface area contributed by atoms with Gasteiger partial charge in [-0.1, -0.05) is 6.92 Å². The van der Waals surface area contributed by atoms with E-state index in [9.17, 15) is 9.59 Å². The number of carbonyl (C=O) groups excluding carboxylic acids is 2. The third-order valence-electron chi connectivity index (χ3n) is 5.09. The van der Waals surface area contributed by atoms with E-state index in [1.54, 1.807) is 10.9 Å². The second-order valence-electron chi connectivity index (χ2n) is 6.54. The van der Waals surface area contributed by atoms with E-state index in [-0.39, 0.29) is 17.9 Å². The van der Waals surface area contributed by atoms with Gasteiger partial charge in [-0.05, 0) is 38.2 Å². The molecule has 2 aliphatic rings. The molecule has 0 unspecified atom stereocenters. The highest BCUT2D eigenvalue weighted by Gasteiger charge is 2.33. The molecule has 2 saturated heterocycles. The maximum atomic E-state index is 12.7. The Balaban J connectivity index is 1.55. The molecule has 0 radical (unpaired) electrons. The Bertz CT molecular complexity index is 529. The highest BCUT2D eigenvalue weighted by molar-refractivity contribution is 5.82. The Kier molecular flexibility index (Phi) is 4.98. The second kappa shape index (κ2) is 7.15. The number of amides is 2. The predicted molar refractivity (Wildman–Crippen MR) is 86.7 cm³/mol. The van der Waals surface area contributed by atoms with Gasteiger partial charge >= 0.3 is 0 Å². The standard InChI is InChI=1S/C17H26N4O2/c1-2-15(21-11-5-8-18-21)17(23)20-12-6-14(7-13-20)16(22)19-9-3-4-10-19/h5,8,11,14-15H,2-4,6-7,9-10,12-13H2,1H3/t15-/m0/s1. The van der Waals surface area contributed by atoms with Crippen LogP contribution in [-0.4, -0.2) is 57.6 Å². The van der Waals surface area contributed by atoms with E-state index >= 15 is 0 Å². The van der Waals surface area contributed by atoms with E-state index in [2.05, 4.69) is 5.10 Å². The molecule has 0 aliphatic carbocycles. The summed E-state index contributed by atoms with van der Waals surface area (Å²) in [5, 5.41) is 4.21. The van der Waals surface area contributed by atoms with Crippen molar-refractivity contribution in [2.45, 2.75) is 45.1 Å². The number of hydrogen-bond donors (Lipinski definition) is 0. The van der Waals surface area contributed by atoms with Crippen molar-refractivity contribution in [1.82, 2.24) is 19.6 Å². The largest absolute Gasteiger partial charge is 0.342 e. The van der Waals surface area contributed by atoms with Gasteiger partial charge < -0.3 is 9.80 Å². The molecule has 0 aromatic carbocycles. The van der Waals surface area contributed by atoms with Gasteiger partial charge in [0.25, 0.3) is 0 Å². The normalized spacial score (nSPS) is 20.7. The number of nitrogens with zero attached hydrogens (tertiary/aromatic N) is 4. The van der Waals surface area contributed by atoms with Crippen LogP contribution in [0.5, 0.6) is 0 Å². The summed E-state index contributed by atoms with van der Waals surface area (Å²) in [4.78, 5) is 29.1. The minimum atomic E-state index is -0.226. The van der Waals surface area contributed by atoms with Crippen molar-refractivity contribution in [3.8, 4) is 0 Å². The first-order valence-electron chi connectivity index (χ1n) is 8.77. The molecule has 1 aromatic heterocycles. The minimum absolute atomic E-state index is 0.0990. The Morgan fingerprint density at radius 1 is 1.13 bits per heavy atom. The SMILES string of the molecule is CC[C@@H](C(=O)N1CCC(C(=O)N2CCCC2)CC1)n1cccn1. The van der Waals surface area contributed by atoms with Crippen molar-refractivity contribution >= 4 is 11.8 Å². The van der Waals surface area contributed by atoms with Gasteiger partial charge in [0.1, 0.15) is 6.04 Å². The number of likely N-dealkylation sites (tertiary alicyclic amines) is 2. The topological polar surface area (TPSA) is 58.4 Å². The van der Waals surface area contributed by atoms with Crippen LogP contribution in [0.25, 0.3) is 0 Å². The Morgan fingerprint density at radius 3 is 2.39 bits per heavy atom. The molecule has 0 spiro atoms. The molecule has 1 aromatic rings. The molecule has 126 valence electrons. The van der Waals surface area contributed by atoms with E-state index in [1.807, 2.05) is 29.0 Å². The summed E-state index contributed by atoms with van der Waals surface area (Å²) in [6.07, 6.45) is 8.11. The molecule has 2 amide bonds. The lowest BCUT2D eigenvalue weighted by Crippen LogP contribution is -2.45. The summed E-state index contributed by atoms with van der Waals surface area (Å²) in [5.41, 5.74) is 0. The average Bonchev–Trinajstić information content (AvgIpc) is 3.29. The highest BCUT2D eigenvalue weighted by atomic mass is 16.2. The maximum Gasteiger partial charge on any atom is 0.247 e. The highest BCUT2D eigenvalue weighted by Crippen LogP contribution is 2.24. The first-order valence-corrected chi connectivity index (χ1v) is 8.77. The smallest absolute Gasteiger partial charge is 0.247 e. The van der Waals surface area contributed by atoms with Gasteiger partial charge in [-0.25, -0.2) is 0 Å². The first kappa shape index (κ1) is 16.0. The number of piperidine rings is 1. The van der Waals surface area contributed by atoms with Gasteiger partial charge in [0.05, 0.1) is 0 Å². The van der Waals surface area contributed by atoms with E-state index in [0.717, 1.165) is 45.2 Å². The molecule has 2 aliphatic heterocycles. The van der Waals surface area contributed by atoms with Crippen LogP contribution < -0.4 is 0 Å². The fourth-order valence-corrected chi connectivity index (χ4v) is 3.69. The van der Waals surface area contributed by atoms with Gasteiger partial charge in [-0.3, -0.25) is 14.3 Å². The van der Waals surface area contributed by atoms with Crippen molar-refractivity contribution in [1.29, 1.82) is 0 Å². The van der Waals surface area contributed by atoms with E-state index in [4.69, 9.17) is 0 Å². The fraction of sp³-hybridized carbons (Fsp3) is 0.706. The number of rotatable bonds is 4. The summed E-state index contributed by atoms with van der Waals surface area (Å²) in [5.74, 6) is 0.527. The fourth-order valence-electron chi connectivity index (χ4n) is 3.69. The lowest BCUT2D eigenvalue weighted by Gasteiger charge is -2.34. The van der Waals surface area contributed by atoms with Crippen LogP contribution in [0, 0.1) is 5.92 Å². The van der Waals surface area contributed by atoms with Gasteiger partial charge in [0.15, 0.2) is 0 Å². The lowest BCUT2D eigenvalue weighted by atomic mass is 9.94. The summed E-state index contributed by atoms with van der Waals surface area (Å²) < 4.78 is 1.74. The molecule has 0 bridgehead atoms. The van der Waals surface area contributed by atoms with E-state index < -0.39 is 0 Å². The first-order chi connectivity index (χ1) is 11.2. The van der Waals surface area contributed by atoms with Crippen LogP contribution in [-0.2, 0) is 9.59 Å². The molecule has 3 rings (SSSR count). The molecular weight excluding hydrogens is 292 g/mol. The Labute approximate surface area is 137 Å². The molecule has 6 nitrogen and oxygen atoms in total. The van der Waals surface area contributed by atoms with Crippen molar-refractivity contribution in [3.63, 3.8) is 0 Å². The van der Waals surface area contributed by atoms with Crippen molar-refractivity contribution in [2.24, 2.45) is 5.92 Å². The number of hydrogen-bond acceptors (Lipinski definition) is 3. The van der Waals surface area contributed by atoms with Crippen LogP contribution in [0.4, 0.5) is 0 Å². The monoisotopic (exact) mass is 318 g/mol. The quantitative estimate of drug-likeness (QED) is 0.849. The lowest BCUT2D eigenvalue weighted by molar-refractivity contribution is -0.141. The van der Waals surface area contributed by atoms with E-state index in [0.29, 0.717) is 19.0 Å². The van der Waals surface area contributed by atoms with Gasteiger partial charge in [-0.15, -0.1) is 0 Å². The zero-order chi connectivity index (χ0) is 16.2. The van der Waals surface area contributed by atoms with Crippen LogP contribution >= 0.6 is 0 Å². The van der Waals surface area contributed by atoms with Crippen LogP contribution in [0.15, 0.2) is 18.5 Å². The van der Waals surface area contributed by atoms with Crippen LogP contribution in [0.1, 0.15) is 45.1 Å². The van der Waals surface area contributed by atoms with Crippen molar-refractivity contribution in [3.05, 3.63) is 18.5 Å². The number of carbonyl (C=O) groups is 2. The minimum Gasteiger partial charge on any atom is -0.342 e. The van der Waals surface area contributed by atoms with Crippen LogP contribution in [0.2, 0.25) is 0 Å². The van der Waals surface area contributed by atoms with Gasteiger partial charge in [0, 0.05) is 44.5 Å². The van der Waals surface area contributed by atoms with Gasteiger partial charge in [-0.2, -0.15) is 5.10 Å². The number of aromatic nitrogens is 2. The summed E-state index contributed by atoms with van der Waals surface area (Å²) in [6.45, 7) is 5.19. The maximum absolute atomic E-state index is 12.7. The molecule has 2 fully saturated rings. The third kappa shape index (κ3) is 3.41. The summed E-state index contributed by atoms with van der Waals surface area (Å²) in [6, 6.07) is 1.62. The molecule has 0 saturated carbocycles. The summed E-state index contributed by atoms with van der Waals surface area (Å²) >= 11 is 0. The Hall–Kier alpha value is -1.85. The molecule has 23 heavy (non-hydrogen) atoms. The zero-order valence-corrected chi connectivity index (χ0v) is 13.9. The molecule has 3 heterocycles. The average molecular weight is 318 g/mol. The molecular formula is C17H26N4O2. The molecule has 1 atom stereocenters. The summed E-state index contributed by atoms with van der Waals surface area (Å²) in [7, 11) is 0. The third-order valence-corrected chi connectivity index (χ3v) is 5.09. The van der Waals surface area contributed by atoms with Crippen LogP contribution in [0.3, 0.4) is 0 Å². The molecule has 0 N–H and O–H groups in total. The van der Waals surface area contributed by atoms with E-state index in [1.165, 1.54) is 0 Å². The second-order valence-corrected chi connectivity index (χ2v) is 6.54. The van der Waals surface area contributed by atoms with Crippen molar-refractivity contribution in [2.75, 3.05) is 26.2 Å². The Morgan fingerprint density at radius 2 is 1.83 bits per heavy atom.